The third-order valence-electron chi connectivity index (χ3n) is 5.30. The Morgan fingerprint density at radius 2 is 1.97 bits per heavy atom. The molecule has 2 aromatic heterocycles. The highest BCUT2D eigenvalue weighted by atomic mass is 32.2. The number of nitrogens with zero attached hydrogens (tertiary/aromatic N) is 3. The molecule has 0 bridgehead atoms. The molecule has 8 nitrogen and oxygen atoms in total. The second-order valence-electron chi connectivity index (χ2n) is 7.31. The quantitative estimate of drug-likeness (QED) is 0.630. The van der Waals surface area contributed by atoms with Gasteiger partial charge in [-0.3, -0.25) is 4.79 Å². The molecule has 0 spiro atoms. The number of aromatic nitrogens is 2. The lowest BCUT2D eigenvalue weighted by Gasteiger charge is -2.38. The Hall–Kier alpha value is -2.63. The number of carbonyl (C=O) groups is 1. The molecule has 1 amide bonds. The highest BCUT2D eigenvalue weighted by Crippen LogP contribution is 2.35. The third kappa shape index (κ3) is 3.22. The second-order valence-corrected chi connectivity index (χ2v) is 10.2. The summed E-state index contributed by atoms with van der Waals surface area (Å²) >= 11 is 1.15. The van der Waals surface area contributed by atoms with Crippen LogP contribution in [0.2, 0.25) is 0 Å². The normalized spacial score (nSPS) is 15.3. The first-order valence-corrected chi connectivity index (χ1v) is 11.4. The fourth-order valence-electron chi connectivity index (χ4n) is 3.34. The van der Waals surface area contributed by atoms with Crippen LogP contribution in [0.3, 0.4) is 0 Å². The maximum atomic E-state index is 14.3. The molecule has 3 N–H and O–H groups in total. The van der Waals surface area contributed by atoms with Gasteiger partial charge in [0.2, 0.25) is 10.0 Å². The Labute approximate surface area is 177 Å². The lowest BCUT2D eigenvalue weighted by Crippen LogP contribution is -2.60. The molecule has 1 aliphatic heterocycles. The lowest BCUT2D eigenvalue weighted by molar-refractivity contribution is 0.0900. The number of nitrogens with two attached hydrogens (primary N) is 1. The first-order chi connectivity index (χ1) is 14.1. The van der Waals surface area contributed by atoms with E-state index in [4.69, 9.17) is 5.73 Å². The topological polar surface area (TPSA) is 118 Å². The first kappa shape index (κ1) is 20.6. The second kappa shape index (κ2) is 7.25. The van der Waals surface area contributed by atoms with Gasteiger partial charge in [-0.25, -0.2) is 12.8 Å². The number of thiophene rings is 1. The van der Waals surface area contributed by atoms with Crippen LogP contribution in [-0.2, 0) is 10.0 Å². The largest absolute Gasteiger partial charge is 0.397 e. The molecule has 30 heavy (non-hydrogen) atoms. The number of halogens is 1. The average molecular weight is 450 g/mol. The molecule has 0 saturated carbocycles. The van der Waals surface area contributed by atoms with E-state index in [1.807, 2.05) is 13.8 Å². The maximum absolute atomic E-state index is 14.3. The van der Waals surface area contributed by atoms with Crippen molar-refractivity contribution in [2.75, 3.05) is 18.8 Å². The van der Waals surface area contributed by atoms with E-state index in [0.29, 0.717) is 20.8 Å². The Balaban J connectivity index is 1.49. The van der Waals surface area contributed by atoms with E-state index in [0.717, 1.165) is 26.9 Å². The van der Waals surface area contributed by atoms with E-state index in [1.165, 1.54) is 25.1 Å². The van der Waals surface area contributed by atoms with Crippen LogP contribution in [0.5, 0.6) is 0 Å². The summed E-state index contributed by atoms with van der Waals surface area (Å²) < 4.78 is 40.7. The molecule has 0 atom stereocenters. The van der Waals surface area contributed by atoms with Crippen LogP contribution in [0.1, 0.15) is 26.5 Å². The zero-order valence-corrected chi connectivity index (χ0v) is 18.2. The minimum absolute atomic E-state index is 0.0597. The highest BCUT2D eigenvalue weighted by molar-refractivity contribution is 7.89. The fraction of sp³-hybridized carbons (Fsp3) is 0.316. The van der Waals surface area contributed by atoms with Crippen molar-refractivity contribution in [2.24, 2.45) is 0 Å². The summed E-state index contributed by atoms with van der Waals surface area (Å²) in [6, 6.07) is 3.86. The van der Waals surface area contributed by atoms with Gasteiger partial charge in [-0.15, -0.1) is 16.4 Å². The minimum atomic E-state index is -3.96. The summed E-state index contributed by atoms with van der Waals surface area (Å²) in [6.45, 7) is 5.32. The van der Waals surface area contributed by atoms with Gasteiger partial charge in [0.15, 0.2) is 0 Å². The van der Waals surface area contributed by atoms with Crippen molar-refractivity contribution in [2.45, 2.75) is 31.7 Å². The summed E-state index contributed by atoms with van der Waals surface area (Å²) in [6.07, 6.45) is 0. The molecule has 0 radical (unpaired) electrons. The third-order valence-corrected chi connectivity index (χ3v) is 8.24. The number of carbonyl (C=O) groups excluding carboxylic acids is 1. The molecular weight excluding hydrogens is 429 g/mol. The van der Waals surface area contributed by atoms with Gasteiger partial charge in [-0.1, -0.05) is 12.1 Å². The first-order valence-electron chi connectivity index (χ1n) is 9.19. The summed E-state index contributed by atoms with van der Waals surface area (Å²) in [5, 5.41) is 11.7. The number of amides is 1. The van der Waals surface area contributed by atoms with E-state index in [1.54, 1.807) is 0 Å². The SMILES string of the molecule is Cc1cccc(S(=O)(=O)N2CC(NC(=O)c3sc4nnc(C)c(C)c4c3N)C2)c1F. The molecule has 3 heterocycles. The Morgan fingerprint density at radius 3 is 2.67 bits per heavy atom. The number of benzene rings is 1. The molecule has 1 aromatic carbocycles. The van der Waals surface area contributed by atoms with Crippen molar-refractivity contribution >= 4 is 43.2 Å². The summed E-state index contributed by atoms with van der Waals surface area (Å²) in [5.74, 6) is -1.15. The average Bonchev–Trinajstić information content (AvgIpc) is 3.00. The number of aryl methyl sites for hydroxylation is 3. The predicted octanol–water partition coefficient (Wildman–Crippen LogP) is 2.14. The number of sulfonamides is 1. The fourth-order valence-corrected chi connectivity index (χ4v) is 6.02. The minimum Gasteiger partial charge on any atom is -0.397 e. The molecule has 1 fully saturated rings. The van der Waals surface area contributed by atoms with E-state index >= 15 is 0 Å². The lowest BCUT2D eigenvalue weighted by atomic mass is 10.1. The molecule has 4 rings (SSSR count). The van der Waals surface area contributed by atoms with Crippen molar-refractivity contribution in [3.63, 3.8) is 0 Å². The van der Waals surface area contributed by atoms with E-state index < -0.39 is 27.8 Å². The van der Waals surface area contributed by atoms with Crippen LogP contribution in [-0.4, -0.2) is 48.0 Å². The molecule has 0 aliphatic carbocycles. The van der Waals surface area contributed by atoms with Gasteiger partial charge < -0.3 is 11.1 Å². The summed E-state index contributed by atoms with van der Waals surface area (Å²) in [5.41, 5.74) is 8.39. The van der Waals surface area contributed by atoms with Crippen molar-refractivity contribution in [3.8, 4) is 0 Å². The van der Waals surface area contributed by atoms with Gasteiger partial charge in [-0.05, 0) is 38.0 Å². The molecular formula is C19H20FN5O3S2. The highest BCUT2D eigenvalue weighted by Gasteiger charge is 2.39. The van der Waals surface area contributed by atoms with Crippen molar-refractivity contribution in [3.05, 3.63) is 45.7 Å². The van der Waals surface area contributed by atoms with Crippen LogP contribution in [0.4, 0.5) is 10.1 Å². The number of hydrogen-bond donors (Lipinski definition) is 2. The number of nitrogen functional groups attached to an aromatic ring is 1. The molecule has 3 aromatic rings. The van der Waals surface area contributed by atoms with Gasteiger partial charge in [0, 0.05) is 18.5 Å². The van der Waals surface area contributed by atoms with Crippen LogP contribution < -0.4 is 11.1 Å². The Morgan fingerprint density at radius 1 is 1.27 bits per heavy atom. The van der Waals surface area contributed by atoms with Gasteiger partial charge in [0.05, 0.1) is 17.4 Å². The number of fused-ring (bicyclic) bond motifs is 1. The van der Waals surface area contributed by atoms with E-state index in [2.05, 4.69) is 15.5 Å². The predicted molar refractivity (Wildman–Crippen MR) is 112 cm³/mol. The smallest absolute Gasteiger partial charge is 0.263 e. The molecule has 11 heteroatoms. The van der Waals surface area contributed by atoms with Crippen LogP contribution in [0, 0.1) is 26.6 Å². The summed E-state index contributed by atoms with van der Waals surface area (Å²) in [7, 11) is -3.96. The number of hydrogen-bond acceptors (Lipinski definition) is 7. The van der Waals surface area contributed by atoms with Crippen LogP contribution in [0.15, 0.2) is 23.1 Å². The van der Waals surface area contributed by atoms with Gasteiger partial charge in [0.1, 0.15) is 20.4 Å². The molecule has 1 saturated heterocycles. The van der Waals surface area contributed by atoms with Crippen molar-refractivity contribution < 1.29 is 17.6 Å². The van der Waals surface area contributed by atoms with Crippen molar-refractivity contribution in [1.29, 1.82) is 0 Å². The Kier molecular flexibility index (Phi) is 4.99. The maximum Gasteiger partial charge on any atom is 0.263 e. The van der Waals surface area contributed by atoms with E-state index in [9.17, 15) is 17.6 Å². The van der Waals surface area contributed by atoms with Gasteiger partial charge >= 0.3 is 0 Å². The number of rotatable bonds is 4. The van der Waals surface area contributed by atoms with Crippen molar-refractivity contribution in [1.82, 2.24) is 19.8 Å². The number of anilines is 1. The zero-order chi connectivity index (χ0) is 21.8. The molecule has 1 aliphatic rings. The monoisotopic (exact) mass is 449 g/mol. The number of nitrogens with one attached hydrogen (secondary N) is 1. The van der Waals surface area contributed by atoms with Crippen LogP contribution >= 0.6 is 11.3 Å². The zero-order valence-electron chi connectivity index (χ0n) is 16.6. The van der Waals surface area contributed by atoms with Gasteiger partial charge in [0.25, 0.3) is 5.91 Å². The van der Waals surface area contributed by atoms with Crippen LogP contribution in [0.25, 0.3) is 10.2 Å². The standard InChI is InChI=1S/C19H20FN5O3S2/c1-9-5-4-6-13(15(9)20)30(27,28)25-7-12(8-25)22-18(26)17-16(21)14-10(2)11(3)23-24-19(14)29-17/h4-6,12H,7-8,21H2,1-3H3,(H,22,26). The molecule has 0 unspecified atom stereocenters. The Bertz CT molecular complexity index is 1280. The van der Waals surface area contributed by atoms with Gasteiger partial charge in [-0.2, -0.15) is 9.40 Å². The van der Waals surface area contributed by atoms with E-state index in [-0.39, 0.29) is 23.5 Å². The molecule has 158 valence electrons. The summed E-state index contributed by atoms with van der Waals surface area (Å²) in [4.78, 5) is 13.2.